The van der Waals surface area contributed by atoms with Gasteiger partial charge in [-0.2, -0.15) is 4.31 Å². The average molecular weight is 460 g/mol. The summed E-state index contributed by atoms with van der Waals surface area (Å²) in [6, 6.07) is 9.90. The Labute approximate surface area is 191 Å². The lowest BCUT2D eigenvalue weighted by molar-refractivity contribution is 0.0950. The molecule has 1 aromatic heterocycles. The second-order valence-corrected chi connectivity index (χ2v) is 10.3. The summed E-state index contributed by atoms with van der Waals surface area (Å²) in [4.78, 5) is 22.0. The number of nitrogens with one attached hydrogen (secondary N) is 1. The SMILES string of the molecule is CCN1CCN(c2ccc(CNC(=O)c3cccc(S(=O)(=O)N(C)C(C)C)c3)cn2)CC1. The van der Waals surface area contributed by atoms with Crippen molar-refractivity contribution in [2.45, 2.75) is 38.3 Å². The number of nitrogens with zero attached hydrogens (tertiary/aromatic N) is 4. The minimum atomic E-state index is -3.65. The zero-order chi connectivity index (χ0) is 23.3. The van der Waals surface area contributed by atoms with Crippen LogP contribution < -0.4 is 10.2 Å². The highest BCUT2D eigenvalue weighted by Crippen LogP contribution is 2.18. The number of sulfonamides is 1. The van der Waals surface area contributed by atoms with Gasteiger partial charge in [0.1, 0.15) is 5.82 Å². The third kappa shape index (κ3) is 5.65. The van der Waals surface area contributed by atoms with Crippen LogP contribution in [0.1, 0.15) is 36.7 Å². The van der Waals surface area contributed by atoms with Gasteiger partial charge in [0.2, 0.25) is 10.0 Å². The lowest BCUT2D eigenvalue weighted by Gasteiger charge is -2.34. The Morgan fingerprint density at radius 2 is 1.88 bits per heavy atom. The van der Waals surface area contributed by atoms with E-state index in [0.717, 1.165) is 44.1 Å². The molecule has 1 amide bonds. The molecule has 1 aliphatic rings. The lowest BCUT2D eigenvalue weighted by Crippen LogP contribution is -2.46. The number of aromatic nitrogens is 1. The van der Waals surface area contributed by atoms with Gasteiger partial charge < -0.3 is 15.1 Å². The summed E-state index contributed by atoms with van der Waals surface area (Å²) in [7, 11) is -2.11. The third-order valence-corrected chi connectivity index (χ3v) is 7.94. The van der Waals surface area contributed by atoms with Crippen molar-refractivity contribution in [3.8, 4) is 0 Å². The van der Waals surface area contributed by atoms with Crippen molar-refractivity contribution < 1.29 is 13.2 Å². The van der Waals surface area contributed by atoms with E-state index >= 15 is 0 Å². The molecule has 32 heavy (non-hydrogen) atoms. The van der Waals surface area contributed by atoms with Crippen LogP contribution in [0, 0.1) is 0 Å². The first-order valence-electron chi connectivity index (χ1n) is 11.0. The first-order chi connectivity index (χ1) is 15.2. The molecule has 1 N–H and O–H groups in total. The summed E-state index contributed by atoms with van der Waals surface area (Å²) < 4.78 is 26.7. The van der Waals surface area contributed by atoms with E-state index in [-0.39, 0.29) is 16.8 Å². The molecule has 0 atom stereocenters. The standard InChI is InChI=1S/C23H33N5O3S/c1-5-27-11-13-28(14-12-27)22-10-9-19(16-24-22)17-25-23(29)20-7-6-8-21(15-20)32(30,31)26(4)18(2)3/h6-10,15-16,18H,5,11-14,17H2,1-4H3,(H,25,29). The zero-order valence-corrected chi connectivity index (χ0v) is 20.1. The molecule has 0 unspecified atom stereocenters. The average Bonchev–Trinajstić information content (AvgIpc) is 2.82. The Bertz CT molecular complexity index is 1020. The van der Waals surface area contributed by atoms with Crippen molar-refractivity contribution >= 4 is 21.7 Å². The lowest BCUT2D eigenvalue weighted by atomic mass is 10.2. The number of pyridine rings is 1. The van der Waals surface area contributed by atoms with E-state index in [4.69, 9.17) is 0 Å². The molecular formula is C23H33N5O3S. The zero-order valence-electron chi connectivity index (χ0n) is 19.3. The number of hydrogen-bond donors (Lipinski definition) is 1. The molecule has 0 saturated carbocycles. The predicted octanol–water partition coefficient (Wildman–Crippen LogP) is 2.18. The maximum atomic E-state index is 12.7. The molecule has 1 aromatic carbocycles. The number of benzene rings is 1. The fraction of sp³-hybridized carbons (Fsp3) is 0.478. The number of amides is 1. The molecular weight excluding hydrogens is 426 g/mol. The van der Waals surface area contributed by atoms with Gasteiger partial charge in [0.25, 0.3) is 5.91 Å². The predicted molar refractivity (Wildman–Crippen MR) is 126 cm³/mol. The van der Waals surface area contributed by atoms with Gasteiger partial charge in [-0.1, -0.05) is 19.1 Å². The summed E-state index contributed by atoms with van der Waals surface area (Å²) >= 11 is 0. The molecule has 8 nitrogen and oxygen atoms in total. The molecule has 0 bridgehead atoms. The molecule has 9 heteroatoms. The summed E-state index contributed by atoms with van der Waals surface area (Å²) in [5, 5.41) is 2.85. The van der Waals surface area contributed by atoms with E-state index in [2.05, 4.69) is 27.0 Å². The van der Waals surface area contributed by atoms with Gasteiger partial charge in [-0.05, 0) is 50.2 Å². The molecule has 2 heterocycles. The molecule has 0 radical (unpaired) electrons. The van der Waals surface area contributed by atoms with Crippen LogP contribution >= 0.6 is 0 Å². The highest BCUT2D eigenvalue weighted by atomic mass is 32.2. The van der Waals surface area contributed by atoms with Gasteiger partial charge in [0, 0.05) is 57.6 Å². The van der Waals surface area contributed by atoms with Crippen molar-refractivity contribution in [1.29, 1.82) is 0 Å². The van der Waals surface area contributed by atoms with Crippen molar-refractivity contribution in [1.82, 2.24) is 19.5 Å². The Kier molecular flexibility index (Phi) is 7.86. The topological polar surface area (TPSA) is 85.8 Å². The summed E-state index contributed by atoms with van der Waals surface area (Å²) in [5.41, 5.74) is 1.19. The largest absolute Gasteiger partial charge is 0.354 e. The van der Waals surface area contributed by atoms with Crippen molar-refractivity contribution in [3.05, 3.63) is 53.7 Å². The second-order valence-electron chi connectivity index (χ2n) is 8.27. The summed E-state index contributed by atoms with van der Waals surface area (Å²) in [6.07, 6.45) is 1.78. The molecule has 174 valence electrons. The monoisotopic (exact) mass is 459 g/mol. The molecule has 1 saturated heterocycles. The van der Waals surface area contributed by atoms with Crippen LogP contribution in [0.25, 0.3) is 0 Å². The quantitative estimate of drug-likeness (QED) is 0.651. The molecule has 0 spiro atoms. The minimum absolute atomic E-state index is 0.107. The van der Waals surface area contributed by atoms with Gasteiger partial charge in [-0.3, -0.25) is 4.79 Å². The van der Waals surface area contributed by atoms with Gasteiger partial charge in [0.05, 0.1) is 4.90 Å². The maximum absolute atomic E-state index is 12.7. The smallest absolute Gasteiger partial charge is 0.251 e. The maximum Gasteiger partial charge on any atom is 0.251 e. The highest BCUT2D eigenvalue weighted by Gasteiger charge is 2.24. The molecule has 2 aromatic rings. The first kappa shape index (κ1) is 24.2. The number of piperazine rings is 1. The van der Waals surface area contributed by atoms with Crippen LogP contribution in [-0.4, -0.2) is 74.3 Å². The van der Waals surface area contributed by atoms with Crippen LogP contribution in [0.15, 0.2) is 47.5 Å². The van der Waals surface area contributed by atoms with Crippen molar-refractivity contribution in [2.75, 3.05) is 44.7 Å². The number of anilines is 1. The second kappa shape index (κ2) is 10.4. The van der Waals surface area contributed by atoms with Crippen molar-refractivity contribution in [3.63, 3.8) is 0 Å². The number of rotatable bonds is 8. The fourth-order valence-corrected chi connectivity index (χ4v) is 4.94. The first-order valence-corrected chi connectivity index (χ1v) is 12.4. The third-order valence-electron chi connectivity index (χ3n) is 5.91. The normalized spacial score (nSPS) is 15.4. The molecule has 0 aliphatic carbocycles. The van der Waals surface area contributed by atoms with Crippen LogP contribution in [0.4, 0.5) is 5.82 Å². The van der Waals surface area contributed by atoms with E-state index in [9.17, 15) is 13.2 Å². The van der Waals surface area contributed by atoms with E-state index in [1.165, 1.54) is 23.5 Å². The highest BCUT2D eigenvalue weighted by molar-refractivity contribution is 7.89. The van der Waals surface area contributed by atoms with E-state index in [1.807, 2.05) is 12.1 Å². The summed E-state index contributed by atoms with van der Waals surface area (Å²) in [5.74, 6) is 0.622. The van der Waals surface area contributed by atoms with Gasteiger partial charge in [-0.25, -0.2) is 13.4 Å². The van der Waals surface area contributed by atoms with Gasteiger partial charge >= 0.3 is 0 Å². The fourth-order valence-electron chi connectivity index (χ4n) is 3.53. The van der Waals surface area contributed by atoms with Crippen molar-refractivity contribution in [2.24, 2.45) is 0 Å². The summed E-state index contributed by atoms with van der Waals surface area (Å²) in [6.45, 7) is 11.2. The van der Waals surface area contributed by atoms with Crippen LogP contribution in [0.3, 0.4) is 0 Å². The number of hydrogen-bond acceptors (Lipinski definition) is 6. The number of likely N-dealkylation sites (N-methyl/N-ethyl adjacent to an activating group) is 1. The molecule has 3 rings (SSSR count). The van der Waals surface area contributed by atoms with E-state index in [0.29, 0.717) is 12.1 Å². The van der Waals surface area contributed by atoms with Gasteiger partial charge in [-0.15, -0.1) is 0 Å². The molecule has 1 fully saturated rings. The van der Waals surface area contributed by atoms with Gasteiger partial charge in [0.15, 0.2) is 0 Å². The van der Waals surface area contributed by atoms with Crippen LogP contribution in [0.2, 0.25) is 0 Å². The minimum Gasteiger partial charge on any atom is -0.354 e. The number of carbonyl (C=O) groups excluding carboxylic acids is 1. The van der Waals surface area contributed by atoms with Crippen LogP contribution in [0.5, 0.6) is 0 Å². The Morgan fingerprint density at radius 3 is 2.47 bits per heavy atom. The Hall–Kier alpha value is -2.49. The van der Waals surface area contributed by atoms with E-state index < -0.39 is 10.0 Å². The van der Waals surface area contributed by atoms with E-state index in [1.54, 1.807) is 32.2 Å². The Balaban J connectivity index is 1.60. The number of carbonyl (C=O) groups is 1. The molecule has 1 aliphatic heterocycles. The van der Waals surface area contributed by atoms with Crippen LogP contribution in [-0.2, 0) is 16.6 Å². The Morgan fingerprint density at radius 1 is 1.16 bits per heavy atom.